The Balaban J connectivity index is 2.21. The monoisotopic (exact) mass is 298 g/mol. The van der Waals surface area contributed by atoms with Crippen LogP contribution >= 0.6 is 11.6 Å². The molecule has 0 fully saturated rings. The van der Waals surface area contributed by atoms with Gasteiger partial charge in [-0.25, -0.2) is 9.67 Å². The molecule has 1 aromatic heterocycles. The first-order valence-corrected chi connectivity index (χ1v) is 7.61. The maximum absolute atomic E-state index is 12.3. The number of aryl methyl sites for hydroxylation is 1. The van der Waals surface area contributed by atoms with Gasteiger partial charge in [-0.05, 0) is 24.6 Å². The average Bonchev–Trinajstić information content (AvgIpc) is 2.80. The van der Waals surface area contributed by atoms with Crippen molar-refractivity contribution in [1.82, 2.24) is 14.8 Å². The molecule has 2 rings (SSSR count). The van der Waals surface area contributed by atoms with E-state index in [1.165, 1.54) is 6.33 Å². The summed E-state index contributed by atoms with van der Waals surface area (Å²) >= 11 is 5.90. The third-order valence-corrected chi connectivity index (χ3v) is 4.21. The summed E-state index contributed by atoms with van der Waals surface area (Å²) in [6.45, 7) is 2.81. The maximum Gasteiger partial charge on any atom is 0.139 e. The normalized spacial score (nSPS) is 12.5. The first-order chi connectivity index (χ1) is 9.11. The summed E-state index contributed by atoms with van der Waals surface area (Å²) in [6, 6.07) is 4.97. The first-order valence-electron chi connectivity index (χ1n) is 5.92. The van der Waals surface area contributed by atoms with Crippen molar-refractivity contribution in [2.75, 3.05) is 5.73 Å². The lowest BCUT2D eigenvalue weighted by molar-refractivity contribution is 0.579. The molecule has 1 unspecified atom stereocenters. The second kappa shape index (κ2) is 6.16. The molecule has 1 atom stereocenters. The summed E-state index contributed by atoms with van der Waals surface area (Å²) in [6.07, 6.45) is 2.42. The van der Waals surface area contributed by atoms with Gasteiger partial charge < -0.3 is 5.73 Å². The number of aromatic nitrogens is 3. The van der Waals surface area contributed by atoms with Crippen molar-refractivity contribution in [3.63, 3.8) is 0 Å². The molecule has 0 saturated carbocycles. The zero-order chi connectivity index (χ0) is 13.8. The minimum Gasteiger partial charge on any atom is -0.398 e. The van der Waals surface area contributed by atoms with E-state index in [1.807, 2.05) is 0 Å². The average molecular weight is 299 g/mol. The Kier molecular flexibility index (Phi) is 4.55. The number of anilines is 1. The van der Waals surface area contributed by atoms with Gasteiger partial charge in [-0.3, -0.25) is 4.21 Å². The predicted molar refractivity (Wildman–Crippen MR) is 76.3 cm³/mol. The van der Waals surface area contributed by atoms with Crippen LogP contribution in [-0.4, -0.2) is 19.0 Å². The van der Waals surface area contributed by atoms with Crippen molar-refractivity contribution in [3.05, 3.63) is 35.4 Å². The molecule has 0 radical (unpaired) electrons. The molecular formula is C12H15ClN4OS. The molecule has 1 aromatic carbocycles. The minimum atomic E-state index is -1.28. The zero-order valence-corrected chi connectivity index (χ0v) is 12.1. The van der Waals surface area contributed by atoms with E-state index in [9.17, 15) is 4.21 Å². The fourth-order valence-electron chi connectivity index (χ4n) is 1.70. The van der Waals surface area contributed by atoms with Gasteiger partial charge in [0.1, 0.15) is 12.2 Å². The number of nitrogens with two attached hydrogens (primary N) is 1. The van der Waals surface area contributed by atoms with E-state index in [0.29, 0.717) is 21.4 Å². The summed E-state index contributed by atoms with van der Waals surface area (Å²) < 4.78 is 14.1. The van der Waals surface area contributed by atoms with Gasteiger partial charge in [0, 0.05) is 17.3 Å². The Morgan fingerprint density at radius 1 is 1.47 bits per heavy atom. The molecule has 0 amide bonds. The topological polar surface area (TPSA) is 73.8 Å². The summed E-state index contributed by atoms with van der Waals surface area (Å²) in [4.78, 5) is 4.68. The summed E-state index contributed by atoms with van der Waals surface area (Å²) in [7, 11) is -1.28. The van der Waals surface area contributed by atoms with Crippen LogP contribution in [-0.2, 0) is 23.1 Å². The van der Waals surface area contributed by atoms with Crippen LogP contribution in [0.15, 0.2) is 29.4 Å². The molecule has 0 aliphatic heterocycles. The quantitative estimate of drug-likeness (QED) is 0.859. The molecule has 0 aliphatic rings. The van der Waals surface area contributed by atoms with E-state index in [4.69, 9.17) is 17.3 Å². The van der Waals surface area contributed by atoms with Crippen LogP contribution in [0.3, 0.4) is 0 Å². The van der Waals surface area contributed by atoms with Gasteiger partial charge in [-0.1, -0.05) is 18.5 Å². The lowest BCUT2D eigenvalue weighted by Crippen LogP contribution is -2.09. The number of hydrogen-bond donors (Lipinski definition) is 1. The summed E-state index contributed by atoms with van der Waals surface area (Å²) in [5, 5.41) is 4.63. The summed E-state index contributed by atoms with van der Waals surface area (Å²) in [5.74, 6) is 0.976. The third-order valence-electron chi connectivity index (χ3n) is 2.61. The van der Waals surface area contributed by atoms with Crippen molar-refractivity contribution in [2.45, 2.75) is 30.5 Å². The molecule has 102 valence electrons. The molecule has 2 aromatic rings. The van der Waals surface area contributed by atoms with Gasteiger partial charge in [0.15, 0.2) is 0 Å². The molecule has 0 aliphatic carbocycles. The fourth-order valence-corrected chi connectivity index (χ4v) is 3.14. The van der Waals surface area contributed by atoms with Gasteiger partial charge in [0.25, 0.3) is 0 Å². The molecule has 0 saturated heterocycles. The van der Waals surface area contributed by atoms with Crippen LogP contribution in [0.4, 0.5) is 5.69 Å². The number of nitrogens with zero attached hydrogens (tertiary/aromatic N) is 3. The number of nitrogen functional groups attached to an aromatic ring is 1. The number of halogens is 1. The van der Waals surface area contributed by atoms with Gasteiger partial charge in [0.2, 0.25) is 0 Å². The van der Waals surface area contributed by atoms with E-state index in [2.05, 4.69) is 17.0 Å². The second-order valence-electron chi connectivity index (χ2n) is 4.07. The molecule has 0 bridgehead atoms. The van der Waals surface area contributed by atoms with E-state index < -0.39 is 10.8 Å². The highest BCUT2D eigenvalue weighted by Crippen LogP contribution is 2.22. The van der Waals surface area contributed by atoms with Gasteiger partial charge in [-0.15, -0.1) is 0 Å². The Morgan fingerprint density at radius 3 is 3.00 bits per heavy atom. The van der Waals surface area contributed by atoms with Crippen LogP contribution in [0.2, 0.25) is 5.02 Å². The van der Waals surface area contributed by atoms with Crippen LogP contribution in [0, 0.1) is 0 Å². The molecule has 2 N–H and O–H groups in total. The molecule has 7 heteroatoms. The van der Waals surface area contributed by atoms with Crippen molar-refractivity contribution < 1.29 is 4.21 Å². The van der Waals surface area contributed by atoms with Gasteiger partial charge >= 0.3 is 0 Å². The second-order valence-corrected chi connectivity index (χ2v) is 5.93. The highest BCUT2D eigenvalue weighted by Gasteiger charge is 2.13. The van der Waals surface area contributed by atoms with Gasteiger partial charge in [-0.2, -0.15) is 5.10 Å². The Labute approximate surface area is 119 Å². The molecule has 1 heterocycles. The highest BCUT2D eigenvalue weighted by molar-refractivity contribution is 7.84. The van der Waals surface area contributed by atoms with Crippen LogP contribution in [0.1, 0.15) is 19.2 Å². The van der Waals surface area contributed by atoms with Crippen molar-refractivity contribution in [3.8, 4) is 0 Å². The Morgan fingerprint density at radius 2 is 2.26 bits per heavy atom. The standard InChI is InChI=1S/C12H15ClN4OS/c1-2-5-17-12(15-8-16-17)7-19(18)11-6-9(13)3-4-10(11)14/h3-4,6,8H,2,5,7,14H2,1H3. The molecule has 0 spiro atoms. The lowest BCUT2D eigenvalue weighted by atomic mass is 10.3. The Hall–Kier alpha value is -1.40. The SMILES string of the molecule is CCCn1ncnc1CS(=O)c1cc(Cl)ccc1N. The Bertz CT molecular complexity index is 599. The minimum absolute atomic E-state index is 0.282. The van der Waals surface area contributed by atoms with Crippen LogP contribution in [0.5, 0.6) is 0 Å². The highest BCUT2D eigenvalue weighted by atomic mass is 35.5. The van der Waals surface area contributed by atoms with E-state index in [1.54, 1.807) is 22.9 Å². The molecule has 5 nitrogen and oxygen atoms in total. The van der Waals surface area contributed by atoms with E-state index in [0.717, 1.165) is 13.0 Å². The number of hydrogen-bond acceptors (Lipinski definition) is 4. The maximum atomic E-state index is 12.3. The largest absolute Gasteiger partial charge is 0.398 e. The zero-order valence-electron chi connectivity index (χ0n) is 10.5. The lowest BCUT2D eigenvalue weighted by Gasteiger charge is -2.07. The number of rotatable bonds is 5. The number of benzene rings is 1. The van der Waals surface area contributed by atoms with Crippen molar-refractivity contribution >= 4 is 28.1 Å². The third kappa shape index (κ3) is 3.33. The van der Waals surface area contributed by atoms with Crippen molar-refractivity contribution in [2.24, 2.45) is 0 Å². The van der Waals surface area contributed by atoms with E-state index in [-0.39, 0.29) is 5.75 Å². The molecule has 19 heavy (non-hydrogen) atoms. The smallest absolute Gasteiger partial charge is 0.139 e. The summed E-state index contributed by atoms with van der Waals surface area (Å²) in [5.41, 5.74) is 6.30. The fraction of sp³-hybridized carbons (Fsp3) is 0.333. The van der Waals surface area contributed by atoms with Crippen LogP contribution < -0.4 is 5.73 Å². The van der Waals surface area contributed by atoms with E-state index >= 15 is 0 Å². The molecular weight excluding hydrogens is 284 g/mol. The van der Waals surface area contributed by atoms with Crippen LogP contribution in [0.25, 0.3) is 0 Å². The first kappa shape index (κ1) is 14.0. The van der Waals surface area contributed by atoms with Crippen molar-refractivity contribution in [1.29, 1.82) is 0 Å². The predicted octanol–water partition coefficient (Wildman–Crippen LogP) is 2.23. The van der Waals surface area contributed by atoms with Gasteiger partial charge in [0.05, 0.1) is 21.4 Å².